The molecular weight excluding hydrogens is 362 g/mol. The molecule has 0 fully saturated rings. The van der Waals surface area contributed by atoms with Gasteiger partial charge < -0.3 is 23.5 Å². The van der Waals surface area contributed by atoms with Crippen LogP contribution in [0.3, 0.4) is 0 Å². The second-order valence-corrected chi connectivity index (χ2v) is 6.77. The first-order valence-corrected chi connectivity index (χ1v) is 9.04. The van der Waals surface area contributed by atoms with E-state index in [1.165, 1.54) is 0 Å². The zero-order valence-corrected chi connectivity index (χ0v) is 15.3. The van der Waals surface area contributed by atoms with E-state index in [0.29, 0.717) is 37.2 Å². The van der Waals surface area contributed by atoms with Crippen molar-refractivity contribution in [3.05, 3.63) is 48.4 Å². The molecule has 2 aliphatic rings. The molecule has 8 heteroatoms. The summed E-state index contributed by atoms with van der Waals surface area (Å²) < 4.78 is 27.9. The fourth-order valence-corrected chi connectivity index (χ4v) is 3.27. The second kappa shape index (κ2) is 7.05. The largest absolute Gasteiger partial charge is 0.486 e. The molecule has 0 radical (unpaired) electrons. The van der Waals surface area contributed by atoms with Gasteiger partial charge in [0.1, 0.15) is 12.7 Å². The van der Waals surface area contributed by atoms with Crippen molar-refractivity contribution in [2.75, 3.05) is 27.0 Å². The minimum atomic E-state index is -0.0591. The number of ether oxygens (including phenoxy) is 4. The van der Waals surface area contributed by atoms with Crippen molar-refractivity contribution in [3.8, 4) is 34.4 Å². The van der Waals surface area contributed by atoms with E-state index in [2.05, 4.69) is 15.0 Å². The fraction of sp³-hybridized carbons (Fsp3) is 0.300. The van der Waals surface area contributed by atoms with E-state index in [1.807, 2.05) is 49.5 Å². The van der Waals surface area contributed by atoms with Crippen LogP contribution < -0.4 is 18.9 Å². The smallest absolute Gasteiger partial charge is 0.241 e. The van der Waals surface area contributed by atoms with Gasteiger partial charge in [-0.2, -0.15) is 4.98 Å². The molecule has 0 amide bonds. The standard InChI is InChI=1S/C20H19N3O5/c1-23(9-14-11-24-15-4-2-3-5-17(15)27-14)10-19-21-20(22-28-19)13-6-7-16-18(8-13)26-12-25-16/h2-8,14H,9-12H2,1H3/t14-/m0/s1. The predicted octanol–water partition coefficient (Wildman–Crippen LogP) is 2.74. The Morgan fingerprint density at radius 1 is 1.00 bits per heavy atom. The topological polar surface area (TPSA) is 79.1 Å². The predicted molar refractivity (Wildman–Crippen MR) is 98.5 cm³/mol. The first-order chi connectivity index (χ1) is 13.7. The summed E-state index contributed by atoms with van der Waals surface area (Å²) in [4.78, 5) is 6.56. The highest BCUT2D eigenvalue weighted by Gasteiger charge is 2.23. The molecule has 3 aromatic rings. The maximum atomic E-state index is 6.00. The molecule has 0 unspecified atom stereocenters. The van der Waals surface area contributed by atoms with Crippen molar-refractivity contribution in [3.63, 3.8) is 0 Å². The van der Waals surface area contributed by atoms with Gasteiger partial charge in [0.2, 0.25) is 18.5 Å². The monoisotopic (exact) mass is 381 g/mol. The van der Waals surface area contributed by atoms with Crippen LogP contribution in [-0.2, 0) is 6.54 Å². The van der Waals surface area contributed by atoms with E-state index < -0.39 is 0 Å². The van der Waals surface area contributed by atoms with Gasteiger partial charge in [0.25, 0.3) is 0 Å². The Hall–Kier alpha value is -3.26. The van der Waals surface area contributed by atoms with Gasteiger partial charge in [0.05, 0.1) is 6.54 Å². The van der Waals surface area contributed by atoms with Gasteiger partial charge in [-0.3, -0.25) is 4.90 Å². The summed E-state index contributed by atoms with van der Waals surface area (Å²) in [5.41, 5.74) is 0.822. The number of benzene rings is 2. The molecule has 5 rings (SSSR count). The van der Waals surface area contributed by atoms with Crippen molar-refractivity contribution < 1.29 is 23.5 Å². The van der Waals surface area contributed by atoms with Crippen LogP contribution in [0.25, 0.3) is 11.4 Å². The van der Waals surface area contributed by atoms with Crippen molar-refractivity contribution >= 4 is 0 Å². The zero-order valence-electron chi connectivity index (χ0n) is 15.3. The zero-order chi connectivity index (χ0) is 18.9. The molecule has 28 heavy (non-hydrogen) atoms. The van der Waals surface area contributed by atoms with Crippen LogP contribution in [0.1, 0.15) is 5.89 Å². The molecule has 0 N–H and O–H groups in total. The summed E-state index contributed by atoms with van der Waals surface area (Å²) in [7, 11) is 1.98. The number of hydrogen-bond acceptors (Lipinski definition) is 8. The number of fused-ring (bicyclic) bond motifs is 2. The van der Waals surface area contributed by atoms with E-state index in [9.17, 15) is 0 Å². The number of aromatic nitrogens is 2. The molecule has 8 nitrogen and oxygen atoms in total. The first-order valence-electron chi connectivity index (χ1n) is 9.04. The molecule has 3 heterocycles. The first kappa shape index (κ1) is 16.9. The third-order valence-electron chi connectivity index (χ3n) is 4.59. The van der Waals surface area contributed by atoms with Gasteiger partial charge in [0.15, 0.2) is 23.0 Å². The molecule has 0 saturated heterocycles. The van der Waals surface area contributed by atoms with Gasteiger partial charge in [-0.05, 0) is 37.4 Å². The third kappa shape index (κ3) is 3.34. The molecular formula is C20H19N3O5. The lowest BCUT2D eigenvalue weighted by atomic mass is 10.2. The van der Waals surface area contributed by atoms with Crippen LogP contribution in [0.4, 0.5) is 0 Å². The van der Waals surface area contributed by atoms with Crippen molar-refractivity contribution in [2.45, 2.75) is 12.6 Å². The minimum Gasteiger partial charge on any atom is -0.486 e. The number of hydrogen-bond donors (Lipinski definition) is 0. The fourth-order valence-electron chi connectivity index (χ4n) is 3.27. The molecule has 1 atom stereocenters. The highest BCUT2D eigenvalue weighted by Crippen LogP contribution is 2.35. The number of para-hydroxylation sites is 2. The Balaban J connectivity index is 1.21. The SMILES string of the molecule is CN(Cc1nc(-c2ccc3c(c2)OCO3)no1)C[C@H]1COc2ccccc2O1. The molecule has 1 aromatic heterocycles. The van der Waals surface area contributed by atoms with Crippen LogP contribution >= 0.6 is 0 Å². The average Bonchev–Trinajstić information content (AvgIpc) is 3.36. The Bertz CT molecular complexity index is 989. The van der Waals surface area contributed by atoms with E-state index >= 15 is 0 Å². The molecule has 2 aliphatic heterocycles. The van der Waals surface area contributed by atoms with Crippen LogP contribution in [0.2, 0.25) is 0 Å². The number of rotatable bonds is 5. The summed E-state index contributed by atoms with van der Waals surface area (Å²) in [5.74, 6) is 4.03. The number of nitrogens with zero attached hydrogens (tertiary/aromatic N) is 3. The Morgan fingerprint density at radius 3 is 2.75 bits per heavy atom. The Morgan fingerprint density at radius 2 is 1.82 bits per heavy atom. The molecule has 0 spiro atoms. The maximum absolute atomic E-state index is 6.00. The van der Waals surface area contributed by atoms with Gasteiger partial charge in [-0.25, -0.2) is 0 Å². The van der Waals surface area contributed by atoms with E-state index in [1.54, 1.807) is 0 Å². The summed E-state index contributed by atoms with van der Waals surface area (Å²) in [5, 5.41) is 4.08. The van der Waals surface area contributed by atoms with Crippen molar-refractivity contribution in [2.24, 2.45) is 0 Å². The van der Waals surface area contributed by atoms with Gasteiger partial charge in [-0.1, -0.05) is 17.3 Å². The third-order valence-corrected chi connectivity index (χ3v) is 4.59. The van der Waals surface area contributed by atoms with Crippen LogP contribution in [0, 0.1) is 0 Å². The highest BCUT2D eigenvalue weighted by molar-refractivity contribution is 5.61. The second-order valence-electron chi connectivity index (χ2n) is 6.77. The molecule has 144 valence electrons. The van der Waals surface area contributed by atoms with Crippen molar-refractivity contribution in [1.82, 2.24) is 15.0 Å². The average molecular weight is 381 g/mol. The molecule has 2 aromatic carbocycles. The summed E-state index contributed by atoms with van der Waals surface area (Å²) in [6, 6.07) is 13.3. The summed E-state index contributed by atoms with van der Waals surface area (Å²) >= 11 is 0. The van der Waals surface area contributed by atoms with Gasteiger partial charge in [0, 0.05) is 12.1 Å². The quantitative estimate of drug-likeness (QED) is 0.668. The normalized spacial score (nSPS) is 17.1. The maximum Gasteiger partial charge on any atom is 0.241 e. The molecule has 0 bridgehead atoms. The van der Waals surface area contributed by atoms with Crippen LogP contribution in [-0.4, -0.2) is 48.1 Å². The van der Waals surface area contributed by atoms with E-state index in [-0.39, 0.29) is 12.9 Å². The summed E-state index contributed by atoms with van der Waals surface area (Å²) in [6.07, 6.45) is -0.0591. The van der Waals surface area contributed by atoms with E-state index in [4.69, 9.17) is 23.5 Å². The molecule has 0 aliphatic carbocycles. The Labute approximate surface area is 161 Å². The van der Waals surface area contributed by atoms with Gasteiger partial charge >= 0.3 is 0 Å². The Kier molecular flexibility index (Phi) is 4.25. The van der Waals surface area contributed by atoms with Crippen LogP contribution in [0.5, 0.6) is 23.0 Å². The van der Waals surface area contributed by atoms with Gasteiger partial charge in [-0.15, -0.1) is 0 Å². The lowest BCUT2D eigenvalue weighted by Gasteiger charge is -2.29. The van der Waals surface area contributed by atoms with Crippen molar-refractivity contribution in [1.29, 1.82) is 0 Å². The number of likely N-dealkylation sites (N-methyl/N-ethyl adjacent to an activating group) is 1. The van der Waals surface area contributed by atoms with E-state index in [0.717, 1.165) is 22.8 Å². The lowest BCUT2D eigenvalue weighted by molar-refractivity contribution is 0.0613. The molecule has 0 saturated carbocycles. The minimum absolute atomic E-state index is 0.0591. The van der Waals surface area contributed by atoms with Crippen LogP contribution in [0.15, 0.2) is 47.0 Å². The lowest BCUT2D eigenvalue weighted by Crippen LogP contribution is -2.39. The highest BCUT2D eigenvalue weighted by atomic mass is 16.7. The summed E-state index contributed by atoms with van der Waals surface area (Å²) in [6.45, 7) is 1.93.